The Kier molecular flexibility index (Phi) is 10.6. The number of carboxylic acids is 1. The largest absolute Gasteiger partial charge is 0.480 e. The molecule has 154 valence electrons. The third-order valence-corrected chi connectivity index (χ3v) is 3.53. The average molecular weight is 389 g/mol. The molecule has 3 unspecified atom stereocenters. The van der Waals surface area contributed by atoms with Gasteiger partial charge in [-0.3, -0.25) is 19.2 Å². The molecule has 0 fully saturated rings. The van der Waals surface area contributed by atoms with Crippen molar-refractivity contribution in [2.45, 2.75) is 44.8 Å². The van der Waals surface area contributed by atoms with E-state index in [1.807, 2.05) is 0 Å². The maximum absolute atomic E-state index is 12.0. The summed E-state index contributed by atoms with van der Waals surface area (Å²) in [4.78, 5) is 57.3. The van der Waals surface area contributed by atoms with E-state index >= 15 is 0 Å². The lowest BCUT2D eigenvalue weighted by molar-refractivity contribution is -0.143. The summed E-state index contributed by atoms with van der Waals surface area (Å²) in [5.41, 5.74) is 10.5. The highest BCUT2D eigenvalue weighted by Gasteiger charge is 2.28. The highest BCUT2D eigenvalue weighted by molar-refractivity contribution is 5.92. The topological polar surface area (TPSA) is 214 Å². The van der Waals surface area contributed by atoms with Gasteiger partial charge in [-0.2, -0.15) is 0 Å². The van der Waals surface area contributed by atoms with Gasteiger partial charge in [0.1, 0.15) is 12.1 Å². The van der Waals surface area contributed by atoms with Crippen molar-refractivity contribution in [1.82, 2.24) is 16.0 Å². The number of aliphatic hydroxyl groups is 1. The van der Waals surface area contributed by atoms with Crippen LogP contribution < -0.4 is 27.4 Å². The number of carboxylic acid groups (broad SMARTS) is 1. The van der Waals surface area contributed by atoms with Crippen LogP contribution in [0.3, 0.4) is 0 Å². The van der Waals surface area contributed by atoms with E-state index in [0.717, 1.165) is 0 Å². The van der Waals surface area contributed by atoms with Gasteiger partial charge in [0.2, 0.25) is 23.6 Å². The predicted molar refractivity (Wildman–Crippen MR) is 92.8 cm³/mol. The van der Waals surface area contributed by atoms with Gasteiger partial charge in [0.15, 0.2) is 0 Å². The molecule has 0 aromatic heterocycles. The summed E-state index contributed by atoms with van der Waals surface area (Å²) in [5.74, 6) is -4.65. The number of carbonyl (C=O) groups excluding carboxylic acids is 4. The number of hydrogen-bond donors (Lipinski definition) is 7. The number of nitrogens with two attached hydrogens (primary N) is 2. The molecular weight excluding hydrogens is 362 g/mol. The molecule has 0 aliphatic rings. The van der Waals surface area contributed by atoms with Crippen LogP contribution >= 0.6 is 0 Å². The molecular formula is C15H27N5O7. The van der Waals surface area contributed by atoms with E-state index in [1.165, 1.54) is 0 Å². The van der Waals surface area contributed by atoms with Crippen molar-refractivity contribution in [3.05, 3.63) is 0 Å². The maximum atomic E-state index is 12.0. The van der Waals surface area contributed by atoms with E-state index in [0.29, 0.717) is 0 Å². The third-order valence-electron chi connectivity index (χ3n) is 3.53. The number of hydrogen-bond acceptors (Lipinski definition) is 7. The molecule has 0 spiro atoms. The smallest absolute Gasteiger partial charge is 0.326 e. The number of primary amides is 1. The fourth-order valence-electron chi connectivity index (χ4n) is 1.93. The summed E-state index contributed by atoms with van der Waals surface area (Å²) < 4.78 is 0. The standard InChI is InChI=1S/C15H27N5O7/c1-7(2)12(15(26)27)20-14(25)9(6-21)19-11(23)5-18-13(24)8(16)3-4-10(17)22/h7-9,12,21H,3-6,16H2,1-2H3,(H2,17,22)(H,18,24)(H,19,23)(H,20,25)(H,26,27). The van der Waals surface area contributed by atoms with Crippen molar-refractivity contribution in [3.63, 3.8) is 0 Å². The lowest BCUT2D eigenvalue weighted by atomic mass is 10.0. The highest BCUT2D eigenvalue weighted by atomic mass is 16.4. The SMILES string of the molecule is CC(C)C(NC(=O)C(CO)NC(=O)CNC(=O)C(N)CCC(N)=O)C(=O)O. The third kappa shape index (κ3) is 9.51. The molecule has 0 rings (SSSR count). The first-order valence-corrected chi connectivity index (χ1v) is 8.24. The fraction of sp³-hybridized carbons (Fsp3) is 0.667. The second-order valence-electron chi connectivity index (χ2n) is 6.20. The molecule has 9 N–H and O–H groups in total. The van der Waals surface area contributed by atoms with E-state index in [1.54, 1.807) is 13.8 Å². The second-order valence-corrected chi connectivity index (χ2v) is 6.20. The van der Waals surface area contributed by atoms with Gasteiger partial charge in [0, 0.05) is 6.42 Å². The van der Waals surface area contributed by atoms with Gasteiger partial charge in [0.25, 0.3) is 0 Å². The average Bonchev–Trinajstić information content (AvgIpc) is 2.58. The minimum Gasteiger partial charge on any atom is -0.480 e. The van der Waals surface area contributed by atoms with Crippen molar-refractivity contribution in [2.75, 3.05) is 13.2 Å². The fourth-order valence-corrected chi connectivity index (χ4v) is 1.93. The van der Waals surface area contributed by atoms with Crippen LogP contribution in [0, 0.1) is 5.92 Å². The molecule has 0 radical (unpaired) electrons. The van der Waals surface area contributed by atoms with Gasteiger partial charge >= 0.3 is 5.97 Å². The van der Waals surface area contributed by atoms with Crippen LogP contribution in [0.1, 0.15) is 26.7 Å². The van der Waals surface area contributed by atoms with Crippen molar-refractivity contribution < 1.29 is 34.2 Å². The zero-order valence-corrected chi connectivity index (χ0v) is 15.2. The maximum Gasteiger partial charge on any atom is 0.326 e. The Balaban J connectivity index is 4.55. The van der Waals surface area contributed by atoms with Crippen LogP contribution in [0.4, 0.5) is 0 Å². The predicted octanol–water partition coefficient (Wildman–Crippen LogP) is -3.60. The Hall–Kier alpha value is -2.73. The number of aliphatic carboxylic acids is 1. The molecule has 3 atom stereocenters. The van der Waals surface area contributed by atoms with Gasteiger partial charge in [0.05, 0.1) is 19.2 Å². The summed E-state index contributed by atoms with van der Waals surface area (Å²) in [6, 6.07) is -3.62. The molecule has 27 heavy (non-hydrogen) atoms. The van der Waals surface area contributed by atoms with Crippen LogP contribution in [-0.2, 0) is 24.0 Å². The second kappa shape index (κ2) is 11.8. The number of rotatable bonds is 12. The monoisotopic (exact) mass is 389 g/mol. The molecule has 12 nitrogen and oxygen atoms in total. The van der Waals surface area contributed by atoms with Gasteiger partial charge in [-0.15, -0.1) is 0 Å². The Morgan fingerprint density at radius 3 is 2.07 bits per heavy atom. The van der Waals surface area contributed by atoms with Gasteiger partial charge in [-0.1, -0.05) is 13.8 Å². The van der Waals surface area contributed by atoms with E-state index in [9.17, 15) is 29.1 Å². The highest BCUT2D eigenvalue weighted by Crippen LogP contribution is 2.02. The quantitative estimate of drug-likeness (QED) is 0.176. The lowest BCUT2D eigenvalue weighted by Gasteiger charge is -2.22. The molecule has 0 saturated carbocycles. The van der Waals surface area contributed by atoms with E-state index < -0.39 is 66.8 Å². The van der Waals surface area contributed by atoms with Gasteiger partial charge in [-0.05, 0) is 12.3 Å². The molecule has 4 amide bonds. The van der Waals surface area contributed by atoms with Crippen LogP contribution in [0.5, 0.6) is 0 Å². The van der Waals surface area contributed by atoms with Crippen molar-refractivity contribution in [2.24, 2.45) is 17.4 Å². The van der Waals surface area contributed by atoms with E-state index in [2.05, 4.69) is 16.0 Å². The van der Waals surface area contributed by atoms with Crippen LogP contribution in [0.25, 0.3) is 0 Å². The number of carbonyl (C=O) groups is 5. The molecule has 0 saturated heterocycles. The Bertz CT molecular complexity index is 567. The van der Waals surface area contributed by atoms with Crippen LogP contribution in [0.2, 0.25) is 0 Å². The summed E-state index contributed by atoms with van der Waals surface area (Å²) >= 11 is 0. The minimum atomic E-state index is -1.39. The Labute approximate surface area is 156 Å². The van der Waals surface area contributed by atoms with E-state index in [-0.39, 0.29) is 12.8 Å². The van der Waals surface area contributed by atoms with Gasteiger partial charge in [-0.25, -0.2) is 4.79 Å². The molecule has 0 heterocycles. The first-order valence-electron chi connectivity index (χ1n) is 8.24. The van der Waals surface area contributed by atoms with Crippen molar-refractivity contribution in [3.8, 4) is 0 Å². The number of nitrogens with one attached hydrogen (secondary N) is 3. The molecule has 0 aromatic carbocycles. The Morgan fingerprint density at radius 1 is 1.04 bits per heavy atom. The molecule has 0 aromatic rings. The van der Waals surface area contributed by atoms with E-state index in [4.69, 9.17) is 16.6 Å². The van der Waals surface area contributed by atoms with Crippen LogP contribution in [-0.4, -0.2) is 71.1 Å². The number of aliphatic hydroxyl groups excluding tert-OH is 1. The molecule has 0 aliphatic carbocycles. The van der Waals surface area contributed by atoms with Crippen molar-refractivity contribution >= 4 is 29.6 Å². The zero-order chi connectivity index (χ0) is 21.1. The Morgan fingerprint density at radius 2 is 1.63 bits per heavy atom. The first kappa shape index (κ1) is 24.3. The van der Waals surface area contributed by atoms with Crippen molar-refractivity contribution in [1.29, 1.82) is 0 Å². The molecule has 12 heteroatoms. The first-order chi connectivity index (χ1) is 12.5. The normalized spacial score (nSPS) is 14.0. The minimum absolute atomic E-state index is 0.0102. The zero-order valence-electron chi connectivity index (χ0n) is 15.2. The lowest BCUT2D eigenvalue weighted by Crippen LogP contribution is -2.56. The molecule has 0 bridgehead atoms. The summed E-state index contributed by atoms with van der Waals surface area (Å²) in [6.45, 7) is 1.87. The summed E-state index contributed by atoms with van der Waals surface area (Å²) in [7, 11) is 0. The summed E-state index contributed by atoms with van der Waals surface area (Å²) in [6.07, 6.45) is -0.0790. The van der Waals surface area contributed by atoms with Crippen LogP contribution in [0.15, 0.2) is 0 Å². The van der Waals surface area contributed by atoms with Gasteiger partial charge < -0.3 is 37.6 Å². The number of amides is 4. The summed E-state index contributed by atoms with van der Waals surface area (Å²) in [5, 5.41) is 24.9. The molecule has 0 aliphatic heterocycles.